The summed E-state index contributed by atoms with van der Waals surface area (Å²) in [5, 5.41) is 25.3. The van der Waals surface area contributed by atoms with Crippen LogP contribution in [0.15, 0.2) is 66.9 Å². The maximum atomic E-state index is 14.2. The highest BCUT2D eigenvalue weighted by molar-refractivity contribution is 5.98. The summed E-state index contributed by atoms with van der Waals surface area (Å²) in [5.41, 5.74) is 2.39. The van der Waals surface area contributed by atoms with E-state index >= 15 is 0 Å². The molecule has 14 heteroatoms. The van der Waals surface area contributed by atoms with Crippen molar-refractivity contribution < 1.29 is 33.9 Å². The number of aliphatic hydroxyl groups excluding tert-OH is 1. The first-order chi connectivity index (χ1) is 25.9. The van der Waals surface area contributed by atoms with Gasteiger partial charge in [0.25, 0.3) is 0 Å². The van der Waals surface area contributed by atoms with Gasteiger partial charge in [-0.3, -0.25) is 28.8 Å². The van der Waals surface area contributed by atoms with Crippen molar-refractivity contribution in [1.82, 2.24) is 36.5 Å². The van der Waals surface area contributed by atoms with Crippen molar-refractivity contribution in [2.75, 3.05) is 13.1 Å². The first kappa shape index (κ1) is 39.7. The van der Waals surface area contributed by atoms with E-state index in [1.165, 1.54) is 17.9 Å². The molecule has 6 amide bonds. The highest BCUT2D eigenvalue weighted by atomic mass is 16.3. The number of amides is 6. The standard InChI is InChI=1S/C40H51N7O7/c1-24(2)19-33-40(54)47-23-28(48)21-34(47)39(53)41-18-10-9-15-31(44-35(49)17-16-26-11-5-4-6-12-26)37(51)43-25(3)36(50)45-32(38(52)46-33)20-27-22-42-30-14-8-7-13-29(27)30/h4-8,11-14,16-17,22,24-25,28,31-34,42,48H,9-10,15,18-21,23H2,1-3H3,(H,41,53)(H,43,51)(H,44,49)(H,45,50)(H,46,52)/b17-16+/t25-,28-,31+,32+,33-,34+/m1/s1. The van der Waals surface area contributed by atoms with E-state index in [1.807, 2.05) is 68.4 Å². The summed E-state index contributed by atoms with van der Waals surface area (Å²) in [4.78, 5) is 86.4. The summed E-state index contributed by atoms with van der Waals surface area (Å²) >= 11 is 0. The van der Waals surface area contributed by atoms with E-state index in [0.29, 0.717) is 12.8 Å². The number of fused-ring (bicyclic) bond motifs is 2. The number of hydrogen-bond acceptors (Lipinski definition) is 7. The number of benzene rings is 2. The number of hydrogen-bond donors (Lipinski definition) is 7. The maximum absolute atomic E-state index is 14.2. The number of rotatable bonds is 7. The smallest absolute Gasteiger partial charge is 0.245 e. The Hall–Kier alpha value is -5.50. The van der Waals surface area contributed by atoms with Crippen molar-refractivity contribution in [3.63, 3.8) is 0 Å². The number of nitrogens with zero attached hydrogens (tertiary/aromatic N) is 1. The van der Waals surface area contributed by atoms with E-state index in [1.54, 1.807) is 12.3 Å². The third kappa shape index (κ3) is 10.6. The SMILES string of the molecule is CC(C)C[C@H]1NC(=O)[C@H](Cc2c[nH]c3ccccc23)NC(=O)[C@@H](C)NC(=O)[C@@H](NC(=O)/C=C/c2ccccc2)CCCCNC(=O)[C@@H]2C[C@@H](O)CN2C1=O. The second-order valence-corrected chi connectivity index (χ2v) is 14.5. The molecule has 54 heavy (non-hydrogen) atoms. The Bertz CT molecular complexity index is 1840. The Morgan fingerprint density at radius 3 is 2.39 bits per heavy atom. The fourth-order valence-corrected chi connectivity index (χ4v) is 6.90. The predicted octanol–water partition coefficient (Wildman–Crippen LogP) is 1.69. The molecule has 3 heterocycles. The Labute approximate surface area is 314 Å². The zero-order valence-electron chi connectivity index (χ0n) is 31.0. The van der Waals surface area contributed by atoms with E-state index in [2.05, 4.69) is 31.6 Å². The van der Waals surface area contributed by atoms with Gasteiger partial charge in [0.05, 0.1) is 6.10 Å². The van der Waals surface area contributed by atoms with Crippen LogP contribution in [0.25, 0.3) is 17.0 Å². The summed E-state index contributed by atoms with van der Waals surface area (Å²) in [6, 6.07) is 11.5. The Balaban J connectivity index is 1.42. The maximum Gasteiger partial charge on any atom is 0.245 e. The molecule has 3 aromatic rings. The molecular weight excluding hydrogens is 690 g/mol. The monoisotopic (exact) mass is 741 g/mol. The van der Waals surface area contributed by atoms with Crippen LogP contribution >= 0.6 is 0 Å². The quantitative estimate of drug-likeness (QED) is 0.179. The molecule has 0 radical (unpaired) electrons. The van der Waals surface area contributed by atoms with Gasteiger partial charge in [0, 0.05) is 49.1 Å². The van der Waals surface area contributed by atoms with Crippen LogP contribution in [-0.4, -0.2) is 99.8 Å². The van der Waals surface area contributed by atoms with Crippen LogP contribution in [0.5, 0.6) is 0 Å². The second kappa shape index (κ2) is 18.5. The lowest BCUT2D eigenvalue weighted by atomic mass is 10.00. The van der Waals surface area contributed by atoms with Gasteiger partial charge < -0.3 is 41.6 Å². The zero-order valence-corrected chi connectivity index (χ0v) is 31.0. The molecule has 2 saturated heterocycles. The molecule has 2 aliphatic heterocycles. The van der Waals surface area contributed by atoms with Crippen molar-refractivity contribution in [2.24, 2.45) is 5.92 Å². The average molecular weight is 742 g/mol. The zero-order chi connectivity index (χ0) is 38.8. The summed E-state index contributed by atoms with van der Waals surface area (Å²) in [5.74, 6) is -3.31. The fourth-order valence-electron chi connectivity index (χ4n) is 6.90. The first-order valence-corrected chi connectivity index (χ1v) is 18.7. The van der Waals surface area contributed by atoms with Gasteiger partial charge in [0.2, 0.25) is 35.4 Å². The van der Waals surface area contributed by atoms with Gasteiger partial charge in [0.15, 0.2) is 0 Å². The van der Waals surface area contributed by atoms with Crippen LogP contribution in [0.3, 0.4) is 0 Å². The molecule has 0 bridgehead atoms. The largest absolute Gasteiger partial charge is 0.391 e. The van der Waals surface area contributed by atoms with Gasteiger partial charge in [-0.1, -0.05) is 62.4 Å². The van der Waals surface area contributed by atoms with Gasteiger partial charge >= 0.3 is 0 Å². The Kier molecular flexibility index (Phi) is 13.6. The van der Waals surface area contributed by atoms with E-state index in [9.17, 15) is 33.9 Å². The third-order valence-electron chi connectivity index (χ3n) is 9.75. The average Bonchev–Trinajstić information content (AvgIpc) is 3.75. The molecule has 14 nitrogen and oxygen atoms in total. The van der Waals surface area contributed by atoms with Crippen molar-refractivity contribution in [3.05, 3.63) is 78.0 Å². The predicted molar refractivity (Wildman–Crippen MR) is 203 cm³/mol. The number of para-hydroxylation sites is 1. The van der Waals surface area contributed by atoms with Gasteiger partial charge in [-0.25, -0.2) is 0 Å². The van der Waals surface area contributed by atoms with Crippen molar-refractivity contribution in [3.8, 4) is 0 Å². The molecule has 0 saturated carbocycles. The highest BCUT2D eigenvalue weighted by Gasteiger charge is 2.42. The summed E-state index contributed by atoms with van der Waals surface area (Å²) in [6.45, 7) is 5.46. The number of aromatic nitrogens is 1. The summed E-state index contributed by atoms with van der Waals surface area (Å²) in [6.07, 6.45) is 5.23. The molecule has 2 fully saturated rings. The van der Waals surface area contributed by atoms with Crippen molar-refractivity contribution in [1.29, 1.82) is 0 Å². The normalized spacial score (nSPS) is 25.3. The minimum absolute atomic E-state index is 0.0279. The van der Waals surface area contributed by atoms with Crippen LogP contribution in [0.1, 0.15) is 64.0 Å². The molecule has 0 spiro atoms. The fraction of sp³-hybridized carbons (Fsp3) is 0.450. The van der Waals surface area contributed by atoms with Crippen LogP contribution in [0.2, 0.25) is 0 Å². The molecule has 0 unspecified atom stereocenters. The number of H-pyrrole nitrogens is 1. The van der Waals surface area contributed by atoms with Crippen LogP contribution in [-0.2, 0) is 35.2 Å². The first-order valence-electron chi connectivity index (χ1n) is 18.7. The molecule has 2 aliphatic rings. The second-order valence-electron chi connectivity index (χ2n) is 14.5. The minimum Gasteiger partial charge on any atom is -0.391 e. The van der Waals surface area contributed by atoms with Gasteiger partial charge in [-0.2, -0.15) is 0 Å². The minimum atomic E-state index is -1.16. The molecule has 2 aromatic carbocycles. The molecule has 5 rings (SSSR count). The number of nitrogens with one attached hydrogen (secondary N) is 6. The Morgan fingerprint density at radius 1 is 0.907 bits per heavy atom. The molecule has 1 aromatic heterocycles. The number of aliphatic hydroxyl groups is 1. The van der Waals surface area contributed by atoms with Crippen molar-refractivity contribution in [2.45, 2.75) is 95.6 Å². The molecule has 7 N–H and O–H groups in total. The molecule has 0 aliphatic carbocycles. The van der Waals surface area contributed by atoms with E-state index in [-0.39, 0.29) is 44.7 Å². The highest BCUT2D eigenvalue weighted by Crippen LogP contribution is 2.23. The Morgan fingerprint density at radius 2 is 1.63 bits per heavy atom. The third-order valence-corrected chi connectivity index (χ3v) is 9.75. The number of aromatic amines is 1. The van der Waals surface area contributed by atoms with Crippen molar-refractivity contribution >= 4 is 52.4 Å². The van der Waals surface area contributed by atoms with Crippen LogP contribution in [0.4, 0.5) is 0 Å². The van der Waals surface area contributed by atoms with Gasteiger partial charge in [0.1, 0.15) is 30.2 Å². The molecular formula is C40H51N7O7. The summed E-state index contributed by atoms with van der Waals surface area (Å²) < 4.78 is 0. The van der Waals surface area contributed by atoms with Gasteiger partial charge in [-0.15, -0.1) is 0 Å². The van der Waals surface area contributed by atoms with Crippen LogP contribution < -0.4 is 26.6 Å². The lowest BCUT2D eigenvalue weighted by Crippen LogP contribution is -2.59. The lowest BCUT2D eigenvalue weighted by molar-refractivity contribution is -0.142. The van der Waals surface area contributed by atoms with E-state index < -0.39 is 71.8 Å². The van der Waals surface area contributed by atoms with Gasteiger partial charge in [-0.05, 0) is 61.8 Å². The van der Waals surface area contributed by atoms with Crippen LogP contribution in [0, 0.1) is 5.92 Å². The molecule has 6 atom stereocenters. The van der Waals surface area contributed by atoms with E-state index in [4.69, 9.17) is 0 Å². The topological polar surface area (TPSA) is 202 Å². The van der Waals surface area contributed by atoms with E-state index in [0.717, 1.165) is 22.0 Å². The number of carbonyl (C=O) groups excluding carboxylic acids is 6. The summed E-state index contributed by atoms with van der Waals surface area (Å²) in [7, 11) is 0. The number of carbonyl (C=O) groups is 6. The molecule has 288 valence electrons. The lowest BCUT2D eigenvalue weighted by Gasteiger charge is -2.30.